The van der Waals surface area contributed by atoms with E-state index in [1.165, 1.54) is 29.9 Å². The summed E-state index contributed by atoms with van der Waals surface area (Å²) in [6.07, 6.45) is 1.56. The molecule has 1 aromatic heterocycles. The van der Waals surface area contributed by atoms with Gasteiger partial charge in [0.15, 0.2) is 0 Å². The Kier molecular flexibility index (Phi) is 5.50. The van der Waals surface area contributed by atoms with E-state index in [0.717, 1.165) is 0 Å². The summed E-state index contributed by atoms with van der Waals surface area (Å²) in [5.74, 6) is 0.0535. The number of nitrogens with one attached hydrogen (secondary N) is 1. The van der Waals surface area contributed by atoms with Gasteiger partial charge in [0.25, 0.3) is 17.2 Å². The number of rotatable bonds is 6. The Morgan fingerprint density at radius 3 is 2.57 bits per heavy atom. The minimum atomic E-state index is -0.531. The molecule has 0 aliphatic heterocycles. The molecule has 3 rings (SSSR count). The molecule has 0 saturated carbocycles. The third-order valence-corrected chi connectivity index (χ3v) is 4.09. The maximum Gasteiger partial charge on any atom is 0.269 e. The van der Waals surface area contributed by atoms with E-state index >= 15 is 0 Å². The minimum Gasteiger partial charge on any atom is -0.497 e. The molecular weight excluding hydrogens is 362 g/mol. The van der Waals surface area contributed by atoms with Crippen LogP contribution in [0.3, 0.4) is 0 Å². The number of benzene rings is 2. The Hall–Kier alpha value is -3.94. The molecule has 1 N–H and O–H groups in total. The van der Waals surface area contributed by atoms with Crippen LogP contribution in [-0.4, -0.2) is 22.5 Å². The van der Waals surface area contributed by atoms with E-state index < -0.39 is 16.4 Å². The van der Waals surface area contributed by atoms with Gasteiger partial charge in [-0.2, -0.15) is 0 Å². The Labute approximate surface area is 160 Å². The zero-order valence-corrected chi connectivity index (χ0v) is 15.0. The van der Waals surface area contributed by atoms with Gasteiger partial charge >= 0.3 is 0 Å². The van der Waals surface area contributed by atoms with Gasteiger partial charge in [0.2, 0.25) is 0 Å². The normalized spacial score (nSPS) is 10.3. The number of amides is 1. The number of hydrogen-bond donors (Lipinski definition) is 1. The fourth-order valence-electron chi connectivity index (χ4n) is 2.65. The van der Waals surface area contributed by atoms with Crippen molar-refractivity contribution in [2.24, 2.45) is 0 Å². The molecule has 2 aromatic carbocycles. The number of methoxy groups -OCH3 is 1. The van der Waals surface area contributed by atoms with Crippen molar-refractivity contribution >= 4 is 17.3 Å². The highest BCUT2D eigenvalue weighted by Gasteiger charge is 2.13. The molecule has 1 amide bonds. The summed E-state index contributed by atoms with van der Waals surface area (Å²) < 4.78 is 6.49. The highest BCUT2D eigenvalue weighted by molar-refractivity contribution is 6.04. The number of aromatic nitrogens is 1. The summed E-state index contributed by atoms with van der Waals surface area (Å²) in [5.41, 5.74) is 0.726. The van der Waals surface area contributed by atoms with E-state index in [2.05, 4.69) is 5.32 Å². The molecule has 8 heteroatoms. The maximum atomic E-state index is 12.7. The summed E-state index contributed by atoms with van der Waals surface area (Å²) in [6, 6.07) is 15.8. The second-order valence-electron chi connectivity index (χ2n) is 5.96. The van der Waals surface area contributed by atoms with Gasteiger partial charge in [0, 0.05) is 30.1 Å². The van der Waals surface area contributed by atoms with Crippen LogP contribution in [0.2, 0.25) is 0 Å². The third-order valence-electron chi connectivity index (χ3n) is 4.09. The van der Waals surface area contributed by atoms with Crippen molar-refractivity contribution in [1.82, 2.24) is 4.57 Å². The van der Waals surface area contributed by atoms with E-state index in [1.807, 2.05) is 0 Å². The Morgan fingerprint density at radius 2 is 1.89 bits per heavy atom. The average molecular weight is 379 g/mol. The largest absolute Gasteiger partial charge is 0.497 e. The molecule has 142 valence electrons. The fourth-order valence-corrected chi connectivity index (χ4v) is 2.65. The van der Waals surface area contributed by atoms with Gasteiger partial charge in [-0.3, -0.25) is 19.7 Å². The Balaban J connectivity index is 1.81. The molecule has 0 radical (unpaired) electrons. The van der Waals surface area contributed by atoms with Crippen LogP contribution in [-0.2, 0) is 6.54 Å². The van der Waals surface area contributed by atoms with Crippen molar-refractivity contribution in [3.8, 4) is 5.75 Å². The van der Waals surface area contributed by atoms with E-state index in [0.29, 0.717) is 17.0 Å². The van der Waals surface area contributed by atoms with Gasteiger partial charge in [-0.25, -0.2) is 0 Å². The molecule has 0 atom stereocenters. The number of carbonyl (C=O) groups excluding carboxylic acids is 1. The first-order valence-corrected chi connectivity index (χ1v) is 8.36. The number of pyridine rings is 1. The molecule has 3 aromatic rings. The van der Waals surface area contributed by atoms with Crippen LogP contribution in [0, 0.1) is 10.1 Å². The van der Waals surface area contributed by atoms with Crippen molar-refractivity contribution in [3.63, 3.8) is 0 Å². The van der Waals surface area contributed by atoms with Gasteiger partial charge in [0.1, 0.15) is 11.3 Å². The molecule has 0 saturated heterocycles. The summed E-state index contributed by atoms with van der Waals surface area (Å²) in [7, 11) is 1.52. The molecule has 0 aliphatic rings. The average Bonchev–Trinajstić information content (AvgIpc) is 2.70. The molecule has 8 nitrogen and oxygen atoms in total. The van der Waals surface area contributed by atoms with E-state index in [1.54, 1.807) is 48.7 Å². The smallest absolute Gasteiger partial charge is 0.269 e. The van der Waals surface area contributed by atoms with Gasteiger partial charge in [0.05, 0.1) is 18.6 Å². The standard InChI is InChI=1S/C20H17N3O5/c1-28-17-5-2-4-15(12-17)21-19(24)18-6-3-11-22(20(18)25)13-14-7-9-16(10-8-14)23(26)27/h2-12H,13H2,1H3,(H,21,24). The van der Waals surface area contributed by atoms with E-state index in [4.69, 9.17) is 4.74 Å². The SMILES string of the molecule is COc1cccc(NC(=O)c2cccn(Cc3ccc([N+](=O)[O-])cc3)c2=O)c1. The lowest BCUT2D eigenvalue weighted by Gasteiger charge is -2.10. The topological polar surface area (TPSA) is 103 Å². The highest BCUT2D eigenvalue weighted by Crippen LogP contribution is 2.17. The number of non-ortho nitro benzene ring substituents is 1. The van der Waals surface area contributed by atoms with Crippen molar-refractivity contribution in [1.29, 1.82) is 0 Å². The maximum absolute atomic E-state index is 12.7. The Bertz CT molecular complexity index is 1070. The van der Waals surface area contributed by atoms with Crippen LogP contribution in [0.15, 0.2) is 71.7 Å². The van der Waals surface area contributed by atoms with Crippen LogP contribution in [0.25, 0.3) is 0 Å². The van der Waals surface area contributed by atoms with Crippen molar-refractivity contribution in [2.75, 3.05) is 12.4 Å². The summed E-state index contributed by atoms with van der Waals surface area (Å²) in [4.78, 5) is 35.4. The van der Waals surface area contributed by atoms with E-state index in [-0.39, 0.29) is 17.8 Å². The van der Waals surface area contributed by atoms with Crippen molar-refractivity contribution in [3.05, 3.63) is 98.5 Å². The molecule has 0 unspecified atom stereocenters. The zero-order chi connectivity index (χ0) is 20.1. The quantitative estimate of drug-likeness (QED) is 0.524. The second-order valence-corrected chi connectivity index (χ2v) is 5.96. The predicted molar refractivity (Wildman–Crippen MR) is 104 cm³/mol. The summed E-state index contributed by atoms with van der Waals surface area (Å²) >= 11 is 0. The van der Waals surface area contributed by atoms with Gasteiger partial charge < -0.3 is 14.6 Å². The van der Waals surface area contributed by atoms with Gasteiger partial charge in [-0.15, -0.1) is 0 Å². The van der Waals surface area contributed by atoms with Gasteiger partial charge in [-0.05, 0) is 29.8 Å². The van der Waals surface area contributed by atoms with Crippen LogP contribution >= 0.6 is 0 Å². The monoisotopic (exact) mass is 379 g/mol. The lowest BCUT2D eigenvalue weighted by Crippen LogP contribution is -2.29. The summed E-state index contributed by atoms with van der Waals surface area (Å²) in [6.45, 7) is 0.192. The van der Waals surface area contributed by atoms with E-state index in [9.17, 15) is 19.7 Å². The molecule has 0 aliphatic carbocycles. The van der Waals surface area contributed by atoms with Crippen LogP contribution in [0.5, 0.6) is 5.75 Å². The second kappa shape index (κ2) is 8.17. The highest BCUT2D eigenvalue weighted by atomic mass is 16.6. The zero-order valence-electron chi connectivity index (χ0n) is 15.0. The third kappa shape index (κ3) is 4.24. The molecule has 0 fully saturated rings. The first-order chi connectivity index (χ1) is 13.5. The summed E-state index contributed by atoms with van der Waals surface area (Å²) in [5, 5.41) is 13.4. The first kappa shape index (κ1) is 18.8. The number of hydrogen-bond acceptors (Lipinski definition) is 5. The molecule has 0 spiro atoms. The molecular formula is C20H17N3O5. The predicted octanol–water partition coefficient (Wildman–Crippen LogP) is 3.07. The molecule has 0 bridgehead atoms. The Morgan fingerprint density at radius 1 is 1.14 bits per heavy atom. The minimum absolute atomic E-state index is 0.00719. The van der Waals surface area contributed by atoms with Crippen molar-refractivity contribution in [2.45, 2.75) is 6.54 Å². The lowest BCUT2D eigenvalue weighted by atomic mass is 10.2. The number of nitrogens with zero attached hydrogens (tertiary/aromatic N) is 2. The van der Waals surface area contributed by atoms with Crippen LogP contribution in [0.1, 0.15) is 15.9 Å². The van der Waals surface area contributed by atoms with Crippen LogP contribution in [0.4, 0.5) is 11.4 Å². The number of nitro benzene ring substituents is 1. The van der Waals surface area contributed by atoms with Gasteiger partial charge in [-0.1, -0.05) is 18.2 Å². The molecule has 1 heterocycles. The number of nitro groups is 1. The number of anilines is 1. The fraction of sp³-hybridized carbons (Fsp3) is 0.100. The number of ether oxygens (including phenoxy) is 1. The molecule has 28 heavy (non-hydrogen) atoms. The number of carbonyl (C=O) groups is 1. The first-order valence-electron chi connectivity index (χ1n) is 8.36. The van der Waals surface area contributed by atoms with Crippen LogP contribution < -0.4 is 15.6 Å². The van der Waals surface area contributed by atoms with Crippen molar-refractivity contribution < 1.29 is 14.5 Å². The lowest BCUT2D eigenvalue weighted by molar-refractivity contribution is -0.384.